The van der Waals surface area contributed by atoms with Crippen LogP contribution in [0.25, 0.3) is 0 Å². The van der Waals surface area contributed by atoms with E-state index < -0.39 is 5.97 Å². The Morgan fingerprint density at radius 1 is 1.28 bits per heavy atom. The van der Waals surface area contributed by atoms with Crippen molar-refractivity contribution in [2.75, 3.05) is 25.6 Å². The maximum Gasteiger partial charge on any atom is 0.0976 e. The maximum absolute atomic E-state index is 10.6. The molecule has 0 fully saturated rings. The summed E-state index contributed by atoms with van der Waals surface area (Å²) in [5, 5.41) is 10.6. The van der Waals surface area contributed by atoms with Crippen LogP contribution >= 0.6 is 0 Å². The molecular weight excluding hydrogens is 230 g/mol. The summed E-state index contributed by atoms with van der Waals surface area (Å²) in [6.07, 6.45) is 3.18. The summed E-state index contributed by atoms with van der Waals surface area (Å²) in [5.74, 6) is -1.16. The van der Waals surface area contributed by atoms with Crippen LogP contribution in [0.1, 0.15) is 16.8 Å². The normalized spacial score (nSPS) is 18.9. The highest BCUT2D eigenvalue weighted by atomic mass is 16.4. The second-order valence-corrected chi connectivity index (χ2v) is 4.51. The summed E-state index contributed by atoms with van der Waals surface area (Å²) in [6, 6.07) is 6.46. The number of carbonyl (C=O) groups excluding carboxylic acids is 1. The molecule has 0 saturated heterocycles. The van der Waals surface area contributed by atoms with E-state index in [4.69, 9.17) is 0 Å². The number of aromatic carboxylic acids is 1. The number of hydrazine groups is 1. The molecule has 1 aromatic carbocycles. The molecule has 1 atom stereocenters. The van der Waals surface area contributed by atoms with Gasteiger partial charge in [-0.05, 0) is 23.8 Å². The van der Waals surface area contributed by atoms with Crippen LogP contribution in [0, 0.1) is 0 Å². The van der Waals surface area contributed by atoms with E-state index in [0.717, 1.165) is 25.2 Å². The molecule has 1 unspecified atom stereocenters. The zero-order valence-corrected chi connectivity index (χ0v) is 10.3. The molecule has 2 rings (SSSR count). The van der Waals surface area contributed by atoms with Crippen molar-refractivity contribution in [2.45, 2.75) is 6.42 Å². The van der Waals surface area contributed by atoms with Gasteiger partial charge in [0, 0.05) is 12.1 Å². The third-order valence-electron chi connectivity index (χ3n) is 3.01. The van der Waals surface area contributed by atoms with Gasteiger partial charge in [0.25, 0.3) is 0 Å². The second kappa shape index (κ2) is 5.55. The van der Waals surface area contributed by atoms with Crippen LogP contribution in [0.4, 0.5) is 5.69 Å². The lowest BCUT2D eigenvalue weighted by Gasteiger charge is -2.21. The highest BCUT2D eigenvalue weighted by Crippen LogP contribution is 2.08. The van der Waals surface area contributed by atoms with Gasteiger partial charge in [-0.3, -0.25) is 0 Å². The number of rotatable bonds is 4. The molecule has 3 N–H and O–H groups in total. The highest BCUT2D eigenvalue weighted by Gasteiger charge is 2.09. The number of hydrogen-bond donors (Lipinski definition) is 3. The molecular formula is C13H17N3O2. The van der Waals surface area contributed by atoms with Crippen LogP contribution in [0.15, 0.2) is 36.0 Å². The van der Waals surface area contributed by atoms with Crippen molar-refractivity contribution >= 4 is 11.7 Å². The molecule has 0 spiro atoms. The van der Waals surface area contributed by atoms with Gasteiger partial charge in [-0.25, -0.2) is 0 Å². The Bertz CT molecular complexity index is 454. The molecule has 0 amide bonds. The first kappa shape index (κ1) is 12.4. The minimum atomic E-state index is -1.16. The molecule has 5 heteroatoms. The zero-order valence-electron chi connectivity index (χ0n) is 10.3. The predicted octanol–water partition coefficient (Wildman–Crippen LogP) is -1.23. The van der Waals surface area contributed by atoms with Crippen molar-refractivity contribution in [3.63, 3.8) is 0 Å². The Labute approximate surface area is 106 Å². The predicted molar refractivity (Wildman–Crippen MR) is 66.9 cm³/mol. The highest BCUT2D eigenvalue weighted by molar-refractivity contribution is 5.86. The molecule has 0 bridgehead atoms. The summed E-state index contributed by atoms with van der Waals surface area (Å²) in [4.78, 5) is 12.1. The molecule has 0 saturated carbocycles. The average molecular weight is 247 g/mol. The van der Waals surface area contributed by atoms with Crippen LogP contribution in [0.2, 0.25) is 0 Å². The van der Waals surface area contributed by atoms with Gasteiger partial charge in [-0.1, -0.05) is 12.1 Å². The number of carbonyl (C=O) groups is 1. The SMILES string of the molecule is C[NH+]1CC=C(NNc2ccc(C(=O)[O-])cc2)CC1. The summed E-state index contributed by atoms with van der Waals surface area (Å²) in [7, 11) is 2.17. The Hall–Kier alpha value is -2.01. The van der Waals surface area contributed by atoms with Gasteiger partial charge in [0.15, 0.2) is 0 Å². The lowest BCUT2D eigenvalue weighted by Crippen LogP contribution is -3.09. The molecule has 5 nitrogen and oxygen atoms in total. The average Bonchev–Trinajstić information content (AvgIpc) is 2.38. The van der Waals surface area contributed by atoms with Crippen LogP contribution in [-0.2, 0) is 0 Å². The Balaban J connectivity index is 1.88. The molecule has 96 valence electrons. The molecule has 0 aliphatic carbocycles. The standard InChI is InChI=1S/C13H17N3O2/c1-16-8-6-12(7-9-16)15-14-11-4-2-10(3-5-11)13(17)18/h2-6,14-15H,7-9H2,1H3,(H,17,18). The number of likely N-dealkylation sites (N-methyl/N-ethyl adjacent to an activating group) is 1. The smallest absolute Gasteiger partial charge is 0.0976 e. The van der Waals surface area contributed by atoms with E-state index in [1.807, 2.05) is 0 Å². The molecule has 1 aliphatic heterocycles. The van der Waals surface area contributed by atoms with E-state index >= 15 is 0 Å². The van der Waals surface area contributed by atoms with Crippen LogP contribution < -0.4 is 20.9 Å². The zero-order chi connectivity index (χ0) is 13.0. The Morgan fingerprint density at radius 3 is 2.56 bits per heavy atom. The summed E-state index contributed by atoms with van der Waals surface area (Å²) >= 11 is 0. The number of quaternary nitrogens is 1. The van der Waals surface area contributed by atoms with Crippen molar-refractivity contribution in [1.82, 2.24) is 5.43 Å². The largest absolute Gasteiger partial charge is 0.545 e. The van der Waals surface area contributed by atoms with E-state index in [0.29, 0.717) is 0 Å². The molecule has 1 aliphatic rings. The van der Waals surface area contributed by atoms with E-state index in [1.165, 1.54) is 22.7 Å². The molecule has 1 heterocycles. The Kier molecular flexibility index (Phi) is 3.84. The monoisotopic (exact) mass is 247 g/mol. The number of benzene rings is 1. The fraction of sp³-hybridized carbons (Fsp3) is 0.308. The topological polar surface area (TPSA) is 68.6 Å². The van der Waals surface area contributed by atoms with Gasteiger partial charge in [-0.15, -0.1) is 0 Å². The molecule has 0 aromatic heterocycles. The maximum atomic E-state index is 10.6. The van der Waals surface area contributed by atoms with Crippen molar-refractivity contribution in [2.24, 2.45) is 0 Å². The second-order valence-electron chi connectivity index (χ2n) is 4.51. The van der Waals surface area contributed by atoms with Crippen LogP contribution in [-0.4, -0.2) is 26.1 Å². The first-order valence-electron chi connectivity index (χ1n) is 5.99. The first-order valence-corrected chi connectivity index (χ1v) is 5.99. The van der Waals surface area contributed by atoms with Gasteiger partial charge in [0.1, 0.15) is 0 Å². The van der Waals surface area contributed by atoms with Crippen molar-refractivity contribution in [3.8, 4) is 0 Å². The number of nitrogens with one attached hydrogen (secondary N) is 3. The van der Waals surface area contributed by atoms with Gasteiger partial charge in [0.05, 0.1) is 31.8 Å². The number of carboxylic acid groups (broad SMARTS) is 1. The quantitative estimate of drug-likeness (QED) is 0.583. The third kappa shape index (κ3) is 3.24. The number of anilines is 1. The number of hydrogen-bond acceptors (Lipinski definition) is 4. The van der Waals surface area contributed by atoms with Crippen molar-refractivity contribution in [1.29, 1.82) is 0 Å². The summed E-state index contributed by atoms with van der Waals surface area (Å²) in [5.41, 5.74) is 8.38. The minimum absolute atomic E-state index is 0.183. The lowest BCUT2D eigenvalue weighted by atomic mass is 10.2. The lowest BCUT2D eigenvalue weighted by molar-refractivity contribution is -0.875. The van der Waals surface area contributed by atoms with Gasteiger partial charge >= 0.3 is 0 Å². The summed E-state index contributed by atoms with van der Waals surface area (Å²) in [6.45, 7) is 2.14. The minimum Gasteiger partial charge on any atom is -0.545 e. The Morgan fingerprint density at radius 2 is 2.00 bits per heavy atom. The van der Waals surface area contributed by atoms with E-state index in [-0.39, 0.29) is 5.56 Å². The molecule has 18 heavy (non-hydrogen) atoms. The molecule has 0 radical (unpaired) electrons. The molecule has 1 aromatic rings. The fourth-order valence-electron chi connectivity index (χ4n) is 1.81. The fourth-order valence-corrected chi connectivity index (χ4v) is 1.81. The first-order chi connectivity index (χ1) is 8.65. The van der Waals surface area contributed by atoms with Gasteiger partial charge < -0.3 is 25.7 Å². The van der Waals surface area contributed by atoms with Crippen molar-refractivity contribution in [3.05, 3.63) is 41.6 Å². The number of carboxylic acids is 1. The van der Waals surface area contributed by atoms with E-state index in [9.17, 15) is 9.90 Å². The van der Waals surface area contributed by atoms with Crippen LogP contribution in [0.3, 0.4) is 0 Å². The van der Waals surface area contributed by atoms with Gasteiger partial charge in [-0.2, -0.15) is 0 Å². The van der Waals surface area contributed by atoms with E-state index in [1.54, 1.807) is 12.1 Å². The third-order valence-corrected chi connectivity index (χ3v) is 3.01. The van der Waals surface area contributed by atoms with Crippen molar-refractivity contribution < 1.29 is 14.8 Å². The van der Waals surface area contributed by atoms with Gasteiger partial charge in [0.2, 0.25) is 0 Å². The van der Waals surface area contributed by atoms with E-state index in [2.05, 4.69) is 24.0 Å². The summed E-state index contributed by atoms with van der Waals surface area (Å²) < 4.78 is 0. The van der Waals surface area contributed by atoms with Crippen LogP contribution in [0.5, 0.6) is 0 Å².